The smallest absolute Gasteiger partial charge is 0.0484 e. The molecule has 2 heteroatoms. The van der Waals surface area contributed by atoms with Crippen LogP contribution in [0.3, 0.4) is 0 Å². The van der Waals surface area contributed by atoms with Gasteiger partial charge in [-0.2, -0.15) is 0 Å². The Bertz CT molecular complexity index is 590. The molecule has 0 bridgehead atoms. The van der Waals surface area contributed by atoms with Gasteiger partial charge < -0.3 is 4.57 Å². The van der Waals surface area contributed by atoms with Crippen LogP contribution in [-0.2, 0) is 7.05 Å². The van der Waals surface area contributed by atoms with Crippen LogP contribution in [0.15, 0.2) is 48.0 Å². The van der Waals surface area contributed by atoms with Gasteiger partial charge in [-0.15, -0.1) is 11.8 Å². The molecule has 1 nitrogen and oxygen atoms in total. The Labute approximate surface area is 99.5 Å². The summed E-state index contributed by atoms with van der Waals surface area (Å²) in [6, 6.07) is 8.56. The highest BCUT2D eigenvalue weighted by atomic mass is 32.2. The summed E-state index contributed by atoms with van der Waals surface area (Å²) < 4.78 is 2.20. The van der Waals surface area contributed by atoms with E-state index in [-0.39, 0.29) is 0 Å². The Balaban J connectivity index is 2.24. The molecule has 0 atom stereocenters. The fraction of sp³-hybridized carbons (Fsp3) is 0.143. The molecule has 1 aromatic carbocycles. The number of aryl methyl sites for hydroxylation is 1. The molecular weight excluding hydrogens is 214 g/mol. The minimum atomic E-state index is 1.08. The number of nitrogens with zero attached hydrogens (tertiary/aromatic N) is 1. The minimum Gasteiger partial charge on any atom is -0.350 e. The molecule has 2 heterocycles. The zero-order chi connectivity index (χ0) is 11.0. The fourth-order valence-corrected chi connectivity index (χ4v) is 2.78. The molecule has 1 aliphatic heterocycles. The SMILES string of the molecule is Cn1cc(C2=CCSC=C2)c2ccccc21. The molecule has 0 N–H and O–H groups in total. The van der Waals surface area contributed by atoms with Crippen molar-refractivity contribution in [3.63, 3.8) is 0 Å². The number of benzene rings is 1. The molecule has 2 aromatic rings. The first-order valence-electron chi connectivity index (χ1n) is 5.39. The number of hydrogen-bond acceptors (Lipinski definition) is 1. The van der Waals surface area contributed by atoms with Crippen LogP contribution in [0, 0.1) is 0 Å². The van der Waals surface area contributed by atoms with Crippen LogP contribution in [0.2, 0.25) is 0 Å². The third-order valence-electron chi connectivity index (χ3n) is 2.95. The zero-order valence-electron chi connectivity index (χ0n) is 9.18. The van der Waals surface area contributed by atoms with Crippen molar-refractivity contribution in [3.05, 3.63) is 53.6 Å². The van der Waals surface area contributed by atoms with E-state index in [0.717, 1.165) is 5.75 Å². The Morgan fingerprint density at radius 3 is 2.94 bits per heavy atom. The molecule has 0 saturated carbocycles. The number of para-hydroxylation sites is 1. The molecule has 0 radical (unpaired) electrons. The van der Waals surface area contributed by atoms with E-state index in [1.165, 1.54) is 22.0 Å². The minimum absolute atomic E-state index is 1.08. The second-order valence-corrected chi connectivity index (χ2v) is 4.91. The summed E-state index contributed by atoms with van der Waals surface area (Å²) in [6.45, 7) is 0. The lowest BCUT2D eigenvalue weighted by atomic mass is 10.1. The first kappa shape index (κ1) is 9.79. The van der Waals surface area contributed by atoms with Crippen LogP contribution < -0.4 is 0 Å². The van der Waals surface area contributed by atoms with Crippen LogP contribution in [0.1, 0.15) is 5.56 Å². The standard InChI is InChI=1S/C14H13NS/c1-15-10-13(11-6-8-16-9-7-11)12-4-2-3-5-14(12)15/h2-8,10H,9H2,1H3. The van der Waals surface area contributed by atoms with Gasteiger partial charge >= 0.3 is 0 Å². The summed E-state index contributed by atoms with van der Waals surface area (Å²) in [5, 5.41) is 3.52. The van der Waals surface area contributed by atoms with E-state index in [2.05, 4.69) is 59.6 Å². The molecule has 0 fully saturated rings. The van der Waals surface area contributed by atoms with Crippen molar-refractivity contribution in [2.24, 2.45) is 7.05 Å². The normalized spacial score (nSPS) is 15.4. The number of thioether (sulfide) groups is 1. The number of aromatic nitrogens is 1. The van der Waals surface area contributed by atoms with Gasteiger partial charge in [0.15, 0.2) is 0 Å². The summed E-state index contributed by atoms with van der Waals surface area (Å²) in [7, 11) is 2.10. The molecule has 0 aliphatic carbocycles. The molecule has 0 spiro atoms. The molecule has 16 heavy (non-hydrogen) atoms. The predicted molar refractivity (Wildman–Crippen MR) is 72.5 cm³/mol. The van der Waals surface area contributed by atoms with Crippen molar-refractivity contribution in [1.82, 2.24) is 4.57 Å². The molecule has 3 rings (SSSR count). The van der Waals surface area contributed by atoms with Gasteiger partial charge in [-0.25, -0.2) is 0 Å². The van der Waals surface area contributed by atoms with Crippen LogP contribution in [0.5, 0.6) is 0 Å². The molecule has 1 aliphatic rings. The molecule has 0 saturated heterocycles. The lowest BCUT2D eigenvalue weighted by molar-refractivity contribution is 0.967. The third kappa shape index (κ3) is 1.50. The van der Waals surface area contributed by atoms with Gasteiger partial charge in [-0.1, -0.05) is 24.3 Å². The number of allylic oxidation sites excluding steroid dienone is 2. The summed E-state index contributed by atoms with van der Waals surface area (Å²) in [4.78, 5) is 0. The largest absolute Gasteiger partial charge is 0.350 e. The topological polar surface area (TPSA) is 4.93 Å². The fourth-order valence-electron chi connectivity index (χ4n) is 2.15. The van der Waals surface area contributed by atoms with Gasteiger partial charge in [-0.05, 0) is 23.1 Å². The van der Waals surface area contributed by atoms with Crippen molar-refractivity contribution in [2.45, 2.75) is 0 Å². The van der Waals surface area contributed by atoms with Crippen molar-refractivity contribution in [1.29, 1.82) is 0 Å². The van der Waals surface area contributed by atoms with E-state index in [9.17, 15) is 0 Å². The van der Waals surface area contributed by atoms with Crippen LogP contribution >= 0.6 is 11.8 Å². The molecular formula is C14H13NS. The maximum absolute atomic E-state index is 2.30. The van der Waals surface area contributed by atoms with Crippen LogP contribution in [-0.4, -0.2) is 10.3 Å². The maximum atomic E-state index is 2.30. The predicted octanol–water partition coefficient (Wildman–Crippen LogP) is 3.82. The summed E-state index contributed by atoms with van der Waals surface area (Å²) in [5.74, 6) is 1.08. The summed E-state index contributed by atoms with van der Waals surface area (Å²) in [5.41, 5.74) is 3.98. The van der Waals surface area contributed by atoms with Crippen molar-refractivity contribution < 1.29 is 0 Å². The van der Waals surface area contributed by atoms with Gasteiger partial charge in [0.1, 0.15) is 0 Å². The monoisotopic (exact) mass is 227 g/mol. The molecule has 80 valence electrons. The summed E-state index contributed by atoms with van der Waals surface area (Å²) in [6.07, 6.45) is 6.72. The average Bonchev–Trinajstić information content (AvgIpc) is 2.69. The van der Waals surface area contributed by atoms with Gasteiger partial charge in [0.25, 0.3) is 0 Å². The van der Waals surface area contributed by atoms with E-state index in [1.54, 1.807) is 0 Å². The first-order valence-corrected chi connectivity index (χ1v) is 6.44. The molecule has 0 unspecified atom stereocenters. The van der Waals surface area contributed by atoms with E-state index < -0.39 is 0 Å². The van der Waals surface area contributed by atoms with Gasteiger partial charge in [0.2, 0.25) is 0 Å². The molecule has 1 aromatic heterocycles. The quantitative estimate of drug-likeness (QED) is 0.717. The highest BCUT2D eigenvalue weighted by Gasteiger charge is 2.09. The highest BCUT2D eigenvalue weighted by Crippen LogP contribution is 2.30. The zero-order valence-corrected chi connectivity index (χ0v) is 10.00. The van der Waals surface area contributed by atoms with Crippen LogP contribution in [0.4, 0.5) is 0 Å². The second kappa shape index (κ2) is 3.87. The maximum Gasteiger partial charge on any atom is 0.0484 e. The Hall–Kier alpha value is -1.41. The lowest BCUT2D eigenvalue weighted by Crippen LogP contribution is -1.85. The van der Waals surface area contributed by atoms with Gasteiger partial charge in [-0.3, -0.25) is 0 Å². The van der Waals surface area contributed by atoms with E-state index in [1.807, 2.05) is 11.8 Å². The Morgan fingerprint density at radius 1 is 1.25 bits per heavy atom. The van der Waals surface area contributed by atoms with Gasteiger partial charge in [0, 0.05) is 35.5 Å². The van der Waals surface area contributed by atoms with Crippen LogP contribution in [0.25, 0.3) is 16.5 Å². The molecule has 0 amide bonds. The number of hydrogen-bond donors (Lipinski definition) is 0. The lowest BCUT2D eigenvalue weighted by Gasteiger charge is -2.04. The van der Waals surface area contributed by atoms with E-state index >= 15 is 0 Å². The number of fused-ring (bicyclic) bond motifs is 1. The Morgan fingerprint density at radius 2 is 2.12 bits per heavy atom. The average molecular weight is 227 g/mol. The van der Waals surface area contributed by atoms with Crippen molar-refractivity contribution >= 4 is 28.2 Å². The van der Waals surface area contributed by atoms with Crippen molar-refractivity contribution in [2.75, 3.05) is 5.75 Å². The van der Waals surface area contributed by atoms with Gasteiger partial charge in [0.05, 0.1) is 0 Å². The Kier molecular flexibility index (Phi) is 2.37. The van der Waals surface area contributed by atoms with E-state index in [0.29, 0.717) is 0 Å². The first-order chi connectivity index (χ1) is 7.86. The summed E-state index contributed by atoms with van der Waals surface area (Å²) >= 11 is 1.84. The second-order valence-electron chi connectivity index (χ2n) is 3.97. The van der Waals surface area contributed by atoms with E-state index in [4.69, 9.17) is 0 Å². The van der Waals surface area contributed by atoms with Crippen molar-refractivity contribution in [3.8, 4) is 0 Å². The third-order valence-corrected chi connectivity index (χ3v) is 3.64. The number of rotatable bonds is 1. The highest BCUT2D eigenvalue weighted by molar-refractivity contribution is 8.02.